The van der Waals surface area contributed by atoms with E-state index >= 15 is 0 Å². The Bertz CT molecular complexity index is 810. The van der Waals surface area contributed by atoms with Crippen LogP contribution in [0.3, 0.4) is 0 Å². The third kappa shape index (κ3) is 1.91. The molecule has 21 heavy (non-hydrogen) atoms. The lowest BCUT2D eigenvalue weighted by Crippen LogP contribution is -2.17. The summed E-state index contributed by atoms with van der Waals surface area (Å²) in [4.78, 5) is 9.04. The molecule has 2 N–H and O–H groups in total. The van der Waals surface area contributed by atoms with Crippen LogP contribution in [0.15, 0.2) is 30.5 Å². The molecule has 1 aliphatic rings. The fraction of sp³-hybridized carbons (Fsp3) is 0.375. The van der Waals surface area contributed by atoms with Gasteiger partial charge in [-0.1, -0.05) is 24.6 Å². The van der Waals surface area contributed by atoms with Gasteiger partial charge in [0.05, 0.1) is 17.2 Å². The van der Waals surface area contributed by atoms with Crippen LogP contribution < -0.4 is 5.73 Å². The van der Waals surface area contributed by atoms with E-state index in [9.17, 15) is 0 Å². The summed E-state index contributed by atoms with van der Waals surface area (Å²) in [5, 5.41) is 1.77. The van der Waals surface area contributed by atoms with Crippen molar-refractivity contribution in [2.75, 3.05) is 12.0 Å². The number of fused-ring (bicyclic) bond motifs is 3. The number of benzene rings is 1. The maximum atomic E-state index is 6.26. The van der Waals surface area contributed by atoms with Crippen molar-refractivity contribution in [3.63, 3.8) is 0 Å². The van der Waals surface area contributed by atoms with Gasteiger partial charge in [0, 0.05) is 16.7 Å². The number of nitrogen functional groups attached to an aromatic ring is 1. The van der Waals surface area contributed by atoms with Crippen molar-refractivity contribution >= 4 is 39.6 Å². The fourth-order valence-corrected chi connectivity index (χ4v) is 4.53. The molecule has 0 saturated heterocycles. The summed E-state index contributed by atoms with van der Waals surface area (Å²) in [6.07, 6.45) is 7.73. The quantitative estimate of drug-likeness (QED) is 0.785. The van der Waals surface area contributed by atoms with Crippen LogP contribution in [0.1, 0.15) is 25.3 Å². The molecule has 3 aromatic rings. The average molecular weight is 298 g/mol. The lowest BCUT2D eigenvalue weighted by Gasteiger charge is -2.21. The molecule has 1 saturated carbocycles. The number of hydrogen-bond acceptors (Lipinski definition) is 4. The van der Waals surface area contributed by atoms with E-state index in [-0.39, 0.29) is 0 Å². The van der Waals surface area contributed by atoms with Gasteiger partial charge in [0.15, 0.2) is 0 Å². The molecule has 0 amide bonds. The first-order valence-electron chi connectivity index (χ1n) is 7.33. The van der Waals surface area contributed by atoms with Gasteiger partial charge in [-0.3, -0.25) is 4.98 Å². The molecule has 2 heterocycles. The van der Waals surface area contributed by atoms with Gasteiger partial charge in [-0.15, -0.1) is 0 Å². The van der Waals surface area contributed by atoms with Crippen molar-refractivity contribution in [3.05, 3.63) is 30.5 Å². The molecule has 1 aliphatic carbocycles. The van der Waals surface area contributed by atoms with E-state index in [2.05, 4.69) is 32.9 Å². The van der Waals surface area contributed by atoms with E-state index in [1.54, 1.807) is 0 Å². The molecule has 0 radical (unpaired) electrons. The number of nitrogens with zero attached hydrogens (tertiary/aromatic N) is 3. The minimum absolute atomic E-state index is 0.441. The monoisotopic (exact) mass is 298 g/mol. The smallest absolute Gasteiger partial charge is 0.201 e. The lowest BCUT2D eigenvalue weighted by atomic mass is 10.1. The minimum atomic E-state index is 0.441. The second-order valence-electron chi connectivity index (χ2n) is 5.62. The normalized spacial score (nSPS) is 22.3. The summed E-state index contributed by atoms with van der Waals surface area (Å²) in [5.74, 6) is 0.620. The highest BCUT2D eigenvalue weighted by molar-refractivity contribution is 7.99. The van der Waals surface area contributed by atoms with Crippen molar-refractivity contribution in [1.82, 2.24) is 14.5 Å². The minimum Gasteiger partial charge on any atom is -0.369 e. The van der Waals surface area contributed by atoms with Crippen LogP contribution in [-0.2, 0) is 0 Å². The van der Waals surface area contributed by atoms with Crippen LogP contribution in [0.2, 0.25) is 0 Å². The van der Waals surface area contributed by atoms with Crippen LogP contribution in [0.4, 0.5) is 5.95 Å². The Balaban J connectivity index is 2.03. The van der Waals surface area contributed by atoms with Crippen molar-refractivity contribution in [2.24, 2.45) is 0 Å². The van der Waals surface area contributed by atoms with Gasteiger partial charge in [-0.25, -0.2) is 4.98 Å². The molecule has 0 aliphatic heterocycles. The van der Waals surface area contributed by atoms with Crippen LogP contribution in [0.25, 0.3) is 21.9 Å². The zero-order chi connectivity index (χ0) is 14.4. The van der Waals surface area contributed by atoms with Gasteiger partial charge in [-0.2, -0.15) is 11.8 Å². The molecule has 2 atom stereocenters. The van der Waals surface area contributed by atoms with Gasteiger partial charge in [0.1, 0.15) is 5.52 Å². The Morgan fingerprint density at radius 3 is 2.95 bits per heavy atom. The predicted octanol–water partition coefficient (Wildman–Crippen LogP) is 3.62. The molecule has 0 bridgehead atoms. The van der Waals surface area contributed by atoms with Gasteiger partial charge >= 0.3 is 0 Å². The van der Waals surface area contributed by atoms with E-state index < -0.39 is 0 Å². The molecule has 0 spiro atoms. The highest BCUT2D eigenvalue weighted by Gasteiger charge is 2.31. The zero-order valence-electron chi connectivity index (χ0n) is 12.0. The topological polar surface area (TPSA) is 56.7 Å². The number of hydrogen-bond donors (Lipinski definition) is 1. The van der Waals surface area contributed by atoms with Gasteiger partial charge < -0.3 is 10.3 Å². The Labute approximate surface area is 127 Å². The van der Waals surface area contributed by atoms with Gasteiger partial charge in [0.2, 0.25) is 5.95 Å². The highest BCUT2D eigenvalue weighted by Crippen LogP contribution is 2.41. The first kappa shape index (κ1) is 13.0. The third-order valence-corrected chi connectivity index (χ3v) is 5.66. The van der Waals surface area contributed by atoms with Crippen molar-refractivity contribution in [3.8, 4) is 0 Å². The zero-order valence-corrected chi connectivity index (χ0v) is 12.8. The molecule has 1 aromatic carbocycles. The molecule has 2 unspecified atom stereocenters. The van der Waals surface area contributed by atoms with Crippen LogP contribution in [0.5, 0.6) is 0 Å². The van der Waals surface area contributed by atoms with Gasteiger partial charge in [0.25, 0.3) is 0 Å². The summed E-state index contributed by atoms with van der Waals surface area (Å²) in [6, 6.07) is 8.67. The summed E-state index contributed by atoms with van der Waals surface area (Å²) >= 11 is 1.94. The first-order chi connectivity index (χ1) is 10.3. The maximum absolute atomic E-state index is 6.26. The number of aromatic nitrogens is 3. The Kier molecular flexibility index (Phi) is 3.03. The van der Waals surface area contributed by atoms with E-state index in [0.29, 0.717) is 17.2 Å². The van der Waals surface area contributed by atoms with Gasteiger partial charge in [-0.05, 0) is 25.2 Å². The molecule has 4 nitrogen and oxygen atoms in total. The van der Waals surface area contributed by atoms with Crippen LogP contribution >= 0.6 is 11.8 Å². The molecule has 2 aromatic heterocycles. The number of pyridine rings is 1. The summed E-state index contributed by atoms with van der Waals surface area (Å²) in [6.45, 7) is 0. The predicted molar refractivity (Wildman–Crippen MR) is 89.6 cm³/mol. The number of rotatable bonds is 2. The third-order valence-electron chi connectivity index (χ3n) is 4.50. The first-order valence-corrected chi connectivity index (χ1v) is 8.62. The van der Waals surface area contributed by atoms with E-state index in [0.717, 1.165) is 21.9 Å². The van der Waals surface area contributed by atoms with Crippen molar-refractivity contribution in [2.45, 2.75) is 30.6 Å². The largest absolute Gasteiger partial charge is 0.369 e. The SMILES string of the molecule is CSC1CCCC1n1c(N)nc2cnc3ccccc3c21. The Hall–Kier alpha value is -1.75. The number of para-hydroxylation sites is 1. The molecule has 5 heteroatoms. The molecular weight excluding hydrogens is 280 g/mol. The van der Waals surface area contributed by atoms with E-state index in [1.807, 2.05) is 30.1 Å². The maximum Gasteiger partial charge on any atom is 0.201 e. The fourth-order valence-electron chi connectivity index (χ4n) is 3.56. The second kappa shape index (κ2) is 4.91. The summed E-state index contributed by atoms with van der Waals surface area (Å²) < 4.78 is 2.26. The molecular formula is C16H18N4S. The molecule has 1 fully saturated rings. The number of thioether (sulfide) groups is 1. The number of nitrogens with two attached hydrogens (primary N) is 1. The van der Waals surface area contributed by atoms with Crippen LogP contribution in [-0.4, -0.2) is 26.0 Å². The summed E-state index contributed by atoms with van der Waals surface area (Å²) in [5.41, 5.74) is 9.30. The average Bonchev–Trinajstić information content (AvgIpc) is 3.09. The Morgan fingerprint density at radius 1 is 1.24 bits per heavy atom. The van der Waals surface area contributed by atoms with Crippen molar-refractivity contribution in [1.29, 1.82) is 0 Å². The van der Waals surface area contributed by atoms with E-state index in [4.69, 9.17) is 5.73 Å². The Morgan fingerprint density at radius 2 is 2.10 bits per heavy atom. The second-order valence-corrected chi connectivity index (χ2v) is 6.70. The lowest BCUT2D eigenvalue weighted by molar-refractivity contribution is 0.550. The molecule has 4 rings (SSSR count). The summed E-state index contributed by atoms with van der Waals surface area (Å²) in [7, 11) is 0. The number of anilines is 1. The molecule has 108 valence electrons. The van der Waals surface area contributed by atoms with Crippen molar-refractivity contribution < 1.29 is 0 Å². The standard InChI is InChI=1S/C16H18N4S/c1-21-14-8-4-7-13(14)20-15-10-5-2-3-6-11(10)18-9-12(15)19-16(20)17/h2-3,5-6,9,13-14H,4,7-8H2,1H3,(H2,17,19). The van der Waals surface area contributed by atoms with E-state index in [1.165, 1.54) is 19.3 Å². The highest BCUT2D eigenvalue weighted by atomic mass is 32.2. The number of imidazole rings is 1. The van der Waals surface area contributed by atoms with Crippen LogP contribution in [0, 0.1) is 0 Å².